The van der Waals surface area contributed by atoms with E-state index in [-0.39, 0.29) is 0 Å². The molecule has 0 spiro atoms. The molecule has 0 saturated heterocycles. The topological polar surface area (TPSA) is 58.4 Å². The van der Waals surface area contributed by atoms with E-state index in [0.717, 1.165) is 36.1 Å². The van der Waals surface area contributed by atoms with Gasteiger partial charge in [0, 0.05) is 32.3 Å². The molecule has 1 rings (SSSR count). The molecule has 0 atom stereocenters. The van der Waals surface area contributed by atoms with Gasteiger partial charge in [0.1, 0.15) is 5.82 Å². The van der Waals surface area contributed by atoms with E-state index in [2.05, 4.69) is 23.8 Å². The van der Waals surface area contributed by atoms with Crippen molar-refractivity contribution in [3.05, 3.63) is 17.3 Å². The molecule has 19 heavy (non-hydrogen) atoms. The van der Waals surface area contributed by atoms with Crippen molar-refractivity contribution in [2.75, 3.05) is 18.5 Å². The first-order valence-electron chi connectivity index (χ1n) is 6.48. The van der Waals surface area contributed by atoms with Gasteiger partial charge in [-0.1, -0.05) is 13.8 Å². The quantitative estimate of drug-likeness (QED) is 0.802. The first kappa shape index (κ1) is 15.3. The Morgan fingerprint density at radius 3 is 2.68 bits per heavy atom. The zero-order valence-electron chi connectivity index (χ0n) is 12.3. The monoisotopic (exact) mass is 265 g/mol. The van der Waals surface area contributed by atoms with Gasteiger partial charge in [0.25, 0.3) is 0 Å². The molecule has 0 radical (unpaired) electrons. The molecule has 106 valence electrons. The molecule has 5 heteroatoms. The molecule has 1 aromatic heterocycles. The molecule has 1 heterocycles. The molecule has 0 aliphatic heterocycles. The van der Waals surface area contributed by atoms with Gasteiger partial charge in [-0.3, -0.25) is 4.68 Å². The third kappa shape index (κ3) is 4.12. The van der Waals surface area contributed by atoms with Crippen molar-refractivity contribution in [2.45, 2.75) is 27.2 Å². The van der Waals surface area contributed by atoms with E-state index in [4.69, 9.17) is 5.11 Å². The molecule has 1 aromatic rings. The van der Waals surface area contributed by atoms with Gasteiger partial charge < -0.3 is 10.0 Å². The maximum absolute atomic E-state index is 10.7. The highest BCUT2D eigenvalue weighted by Gasteiger charge is 2.15. The molecule has 0 saturated carbocycles. The number of aryl methyl sites for hydroxylation is 2. The number of nitrogens with zero attached hydrogens (tertiary/aromatic N) is 3. The first-order valence-corrected chi connectivity index (χ1v) is 6.48. The number of carbonyl (C=O) groups is 1. The van der Waals surface area contributed by atoms with Crippen LogP contribution in [0.25, 0.3) is 6.08 Å². The van der Waals surface area contributed by atoms with E-state index in [1.54, 1.807) is 10.8 Å². The molecule has 0 amide bonds. The zero-order chi connectivity index (χ0) is 14.6. The lowest BCUT2D eigenvalue weighted by atomic mass is 10.1. The fourth-order valence-electron chi connectivity index (χ4n) is 2.02. The Labute approximate surface area is 114 Å². The van der Waals surface area contributed by atoms with E-state index in [9.17, 15) is 4.79 Å². The van der Waals surface area contributed by atoms with Crippen molar-refractivity contribution in [3.8, 4) is 0 Å². The number of hydrogen-bond donors (Lipinski definition) is 1. The van der Waals surface area contributed by atoms with Crippen molar-refractivity contribution in [1.82, 2.24) is 9.78 Å². The molecule has 0 aliphatic carbocycles. The van der Waals surface area contributed by atoms with Crippen LogP contribution in [-0.2, 0) is 11.8 Å². The number of rotatable bonds is 6. The number of hydrogen-bond acceptors (Lipinski definition) is 3. The van der Waals surface area contributed by atoms with Gasteiger partial charge in [-0.15, -0.1) is 0 Å². The van der Waals surface area contributed by atoms with Gasteiger partial charge in [-0.2, -0.15) is 5.10 Å². The summed E-state index contributed by atoms with van der Waals surface area (Å²) in [5.74, 6) is 0.643. The second kappa shape index (κ2) is 6.41. The van der Waals surface area contributed by atoms with Crippen molar-refractivity contribution in [3.63, 3.8) is 0 Å². The fourth-order valence-corrected chi connectivity index (χ4v) is 2.02. The average Bonchev–Trinajstić information content (AvgIpc) is 2.58. The molecular formula is C14H23N3O2. The van der Waals surface area contributed by atoms with Crippen LogP contribution in [-0.4, -0.2) is 34.4 Å². The van der Waals surface area contributed by atoms with E-state index in [1.807, 2.05) is 21.0 Å². The predicted molar refractivity (Wildman–Crippen MR) is 77.3 cm³/mol. The maximum atomic E-state index is 10.7. The van der Waals surface area contributed by atoms with Crippen LogP contribution in [0.1, 0.15) is 31.5 Å². The van der Waals surface area contributed by atoms with Crippen molar-refractivity contribution >= 4 is 17.9 Å². The van der Waals surface area contributed by atoms with Crippen LogP contribution in [0.3, 0.4) is 0 Å². The third-order valence-electron chi connectivity index (χ3n) is 3.03. The van der Waals surface area contributed by atoms with Gasteiger partial charge in [-0.25, -0.2) is 4.79 Å². The minimum atomic E-state index is -0.945. The molecule has 5 nitrogen and oxygen atoms in total. The smallest absolute Gasteiger partial charge is 0.328 e. The van der Waals surface area contributed by atoms with Gasteiger partial charge in [-0.05, 0) is 25.3 Å². The molecule has 0 aliphatic rings. The van der Waals surface area contributed by atoms with Crippen LogP contribution in [0.4, 0.5) is 5.82 Å². The molecule has 0 aromatic carbocycles. The Morgan fingerprint density at radius 2 is 2.16 bits per heavy atom. The lowest BCUT2D eigenvalue weighted by Crippen LogP contribution is -2.23. The van der Waals surface area contributed by atoms with E-state index in [1.165, 1.54) is 0 Å². The molecule has 0 unspecified atom stereocenters. The maximum Gasteiger partial charge on any atom is 0.328 e. The molecule has 0 fully saturated rings. The Balaban J connectivity index is 3.01. The number of anilines is 1. The summed E-state index contributed by atoms with van der Waals surface area (Å²) in [6.45, 7) is 7.19. The fraction of sp³-hybridized carbons (Fsp3) is 0.571. The van der Waals surface area contributed by atoms with E-state index >= 15 is 0 Å². The van der Waals surface area contributed by atoms with Crippen molar-refractivity contribution in [1.29, 1.82) is 0 Å². The molecule has 1 N–H and O–H groups in total. The Hall–Kier alpha value is -1.78. The predicted octanol–water partition coefficient (Wildman–Crippen LogP) is 2.31. The first-order chi connectivity index (χ1) is 8.82. The molecule has 0 bridgehead atoms. The Bertz CT molecular complexity index is 475. The summed E-state index contributed by atoms with van der Waals surface area (Å²) < 4.78 is 1.80. The second-order valence-electron chi connectivity index (χ2n) is 5.22. The lowest BCUT2D eigenvalue weighted by molar-refractivity contribution is -0.131. The highest BCUT2D eigenvalue weighted by molar-refractivity contribution is 5.87. The number of carboxylic acid groups (broad SMARTS) is 1. The van der Waals surface area contributed by atoms with Crippen LogP contribution in [0, 0.1) is 12.8 Å². The third-order valence-corrected chi connectivity index (χ3v) is 3.03. The van der Waals surface area contributed by atoms with Crippen molar-refractivity contribution < 1.29 is 9.90 Å². The number of aromatic nitrogens is 2. The SMILES string of the molecule is Cc1nn(C)c(N(C)CCC(C)C)c1/C=C/C(=O)O. The summed E-state index contributed by atoms with van der Waals surface area (Å²) in [5, 5.41) is 13.1. The summed E-state index contributed by atoms with van der Waals surface area (Å²) >= 11 is 0. The van der Waals surface area contributed by atoms with Crippen LogP contribution >= 0.6 is 0 Å². The van der Waals surface area contributed by atoms with Gasteiger partial charge >= 0.3 is 5.97 Å². The molecular weight excluding hydrogens is 242 g/mol. The minimum absolute atomic E-state index is 0.634. The summed E-state index contributed by atoms with van der Waals surface area (Å²) in [7, 11) is 3.89. The van der Waals surface area contributed by atoms with Crippen molar-refractivity contribution in [2.24, 2.45) is 13.0 Å². The van der Waals surface area contributed by atoms with Gasteiger partial charge in [0.05, 0.1) is 5.69 Å². The normalized spacial score (nSPS) is 11.5. The number of carboxylic acids is 1. The second-order valence-corrected chi connectivity index (χ2v) is 5.22. The highest BCUT2D eigenvalue weighted by Crippen LogP contribution is 2.24. The summed E-state index contributed by atoms with van der Waals surface area (Å²) in [5.41, 5.74) is 1.71. The van der Waals surface area contributed by atoms with E-state index < -0.39 is 5.97 Å². The highest BCUT2D eigenvalue weighted by atomic mass is 16.4. The minimum Gasteiger partial charge on any atom is -0.478 e. The summed E-state index contributed by atoms with van der Waals surface area (Å²) in [4.78, 5) is 12.8. The average molecular weight is 265 g/mol. The lowest BCUT2D eigenvalue weighted by Gasteiger charge is -2.21. The summed E-state index contributed by atoms with van der Waals surface area (Å²) in [6, 6.07) is 0. The van der Waals surface area contributed by atoms with Crippen LogP contribution in [0.15, 0.2) is 6.08 Å². The van der Waals surface area contributed by atoms with Crippen LogP contribution in [0.2, 0.25) is 0 Å². The largest absolute Gasteiger partial charge is 0.478 e. The van der Waals surface area contributed by atoms with Crippen LogP contribution < -0.4 is 4.90 Å². The summed E-state index contributed by atoms with van der Waals surface area (Å²) in [6.07, 6.45) is 3.86. The number of aliphatic carboxylic acids is 1. The Morgan fingerprint density at radius 1 is 1.53 bits per heavy atom. The zero-order valence-corrected chi connectivity index (χ0v) is 12.3. The van der Waals surface area contributed by atoms with Gasteiger partial charge in [0.15, 0.2) is 0 Å². The van der Waals surface area contributed by atoms with Gasteiger partial charge in [0.2, 0.25) is 0 Å². The Kier molecular flexibility index (Phi) is 5.15. The van der Waals surface area contributed by atoms with E-state index in [0.29, 0.717) is 5.92 Å². The standard InChI is InChI=1S/C14H23N3O2/c1-10(2)8-9-16(4)14-12(6-7-13(18)19)11(3)15-17(14)5/h6-7,10H,8-9H2,1-5H3,(H,18,19)/b7-6+. The van der Waals surface area contributed by atoms with Crippen LogP contribution in [0.5, 0.6) is 0 Å².